The van der Waals surface area contributed by atoms with Crippen molar-refractivity contribution in [1.29, 1.82) is 0 Å². The van der Waals surface area contributed by atoms with E-state index < -0.39 is 0 Å². The first-order valence-electron chi connectivity index (χ1n) is 9.11. The van der Waals surface area contributed by atoms with Crippen molar-refractivity contribution in [1.82, 2.24) is 15.4 Å². The molecule has 0 aliphatic rings. The Hall–Kier alpha value is -3.15. The van der Waals surface area contributed by atoms with Crippen LogP contribution in [0.2, 0.25) is 0 Å². The lowest BCUT2D eigenvalue weighted by Crippen LogP contribution is -2.13. The van der Waals surface area contributed by atoms with E-state index in [0.717, 1.165) is 22.3 Å². The Morgan fingerprint density at radius 3 is 2.25 bits per heavy atom. The van der Waals surface area contributed by atoms with Crippen LogP contribution in [0.25, 0.3) is 11.1 Å². The van der Waals surface area contributed by atoms with Gasteiger partial charge in [-0.15, -0.1) is 0 Å². The number of benzene rings is 2. The van der Waals surface area contributed by atoms with Crippen LogP contribution in [0.1, 0.15) is 38.3 Å². The lowest BCUT2D eigenvalue weighted by molar-refractivity contribution is -0.140. The number of esters is 1. The molecule has 148 valence electrons. The number of rotatable bonds is 4. The summed E-state index contributed by atoms with van der Waals surface area (Å²) in [6.07, 6.45) is 4.09. The molecule has 6 heteroatoms. The minimum atomic E-state index is -0.225. The average molecular weight is 381 g/mol. The second-order valence-electron chi connectivity index (χ2n) is 7.39. The van der Waals surface area contributed by atoms with Gasteiger partial charge < -0.3 is 9.84 Å². The van der Waals surface area contributed by atoms with Crippen LogP contribution in [0.4, 0.5) is 0 Å². The first kappa shape index (κ1) is 21.2. The number of aryl methyl sites for hydroxylation is 1. The summed E-state index contributed by atoms with van der Waals surface area (Å²) in [5.74, 6) is 0.0853. The van der Waals surface area contributed by atoms with Crippen LogP contribution in [-0.2, 0) is 21.4 Å². The molecular formula is C22H27N3O3. The van der Waals surface area contributed by atoms with Crippen molar-refractivity contribution in [2.45, 2.75) is 39.0 Å². The average Bonchev–Trinajstić information content (AvgIpc) is 3.26. The fourth-order valence-electron chi connectivity index (χ4n) is 2.76. The zero-order chi connectivity index (χ0) is 20.6. The Kier molecular flexibility index (Phi) is 7.32. The van der Waals surface area contributed by atoms with Crippen LogP contribution in [0, 0.1) is 0 Å². The predicted molar refractivity (Wildman–Crippen MR) is 109 cm³/mol. The number of methoxy groups -OCH3 is 1. The van der Waals surface area contributed by atoms with Crippen LogP contribution in [-0.4, -0.2) is 33.6 Å². The van der Waals surface area contributed by atoms with Gasteiger partial charge in [-0.25, -0.2) is 0 Å². The number of carbonyl (C=O) groups is 1. The van der Waals surface area contributed by atoms with Crippen molar-refractivity contribution in [3.8, 4) is 16.9 Å². The number of phenolic OH excluding ortho intramolecular Hbond substituents is 1. The van der Waals surface area contributed by atoms with E-state index in [0.29, 0.717) is 18.6 Å². The molecule has 2 aromatic carbocycles. The Balaban J connectivity index is 0.000000485. The fourth-order valence-corrected chi connectivity index (χ4v) is 2.76. The summed E-state index contributed by atoms with van der Waals surface area (Å²) in [5, 5.41) is 20.1. The molecule has 0 unspecified atom stereocenters. The third kappa shape index (κ3) is 5.94. The molecule has 1 aromatic heterocycles. The smallest absolute Gasteiger partial charge is 0.305 e. The van der Waals surface area contributed by atoms with Gasteiger partial charge in [0.2, 0.25) is 0 Å². The normalized spacial score (nSPS) is 10.7. The number of nitrogens with one attached hydrogen (secondary N) is 1. The van der Waals surface area contributed by atoms with Gasteiger partial charge in [0, 0.05) is 17.5 Å². The van der Waals surface area contributed by atoms with Gasteiger partial charge in [-0.2, -0.15) is 15.4 Å². The highest BCUT2D eigenvalue weighted by Gasteiger charge is 2.22. The Labute approximate surface area is 165 Å². The van der Waals surface area contributed by atoms with E-state index in [1.807, 2.05) is 42.5 Å². The third-order valence-corrected chi connectivity index (χ3v) is 4.24. The van der Waals surface area contributed by atoms with Gasteiger partial charge >= 0.3 is 5.97 Å². The molecular weight excluding hydrogens is 354 g/mol. The Morgan fingerprint density at radius 2 is 1.75 bits per heavy atom. The Bertz CT molecular complexity index is 853. The molecule has 0 amide bonds. The van der Waals surface area contributed by atoms with E-state index in [4.69, 9.17) is 4.74 Å². The minimum absolute atomic E-state index is 0.186. The molecule has 3 aromatic rings. The molecule has 0 aliphatic heterocycles. The molecule has 0 atom stereocenters. The van der Waals surface area contributed by atoms with Crippen molar-refractivity contribution < 1.29 is 14.6 Å². The summed E-state index contributed by atoms with van der Waals surface area (Å²) in [6, 6.07) is 13.8. The molecule has 0 saturated carbocycles. The van der Waals surface area contributed by atoms with E-state index in [1.54, 1.807) is 12.4 Å². The van der Waals surface area contributed by atoms with Crippen molar-refractivity contribution >= 4 is 5.97 Å². The van der Waals surface area contributed by atoms with Crippen molar-refractivity contribution in [3.05, 3.63) is 66.0 Å². The van der Waals surface area contributed by atoms with Gasteiger partial charge in [0.05, 0.1) is 19.5 Å². The Morgan fingerprint density at radius 1 is 1.11 bits per heavy atom. The van der Waals surface area contributed by atoms with Gasteiger partial charge in [0.1, 0.15) is 5.75 Å². The maximum atomic E-state index is 11.4. The standard InChI is InChI=1S/C20H24O3.C2H3N3/c1-20(2,3)17-13-14(10-11-18(21)23-4)12-16(19(17)22)15-8-6-5-7-9-15;1-2-4-5-3-1/h5-9,12-13,22H,10-11H2,1-4H3;1-2H,(H,3,4,5). The first-order valence-corrected chi connectivity index (χ1v) is 9.11. The lowest BCUT2D eigenvalue weighted by Gasteiger charge is -2.23. The van der Waals surface area contributed by atoms with E-state index in [2.05, 4.69) is 36.2 Å². The maximum Gasteiger partial charge on any atom is 0.305 e. The topological polar surface area (TPSA) is 88.1 Å². The first-order chi connectivity index (χ1) is 13.3. The van der Waals surface area contributed by atoms with E-state index in [-0.39, 0.29) is 11.4 Å². The molecule has 2 N–H and O–H groups in total. The summed E-state index contributed by atoms with van der Waals surface area (Å²) < 4.78 is 4.72. The largest absolute Gasteiger partial charge is 0.507 e. The summed E-state index contributed by atoms with van der Waals surface area (Å²) in [4.78, 5) is 11.4. The molecule has 0 saturated heterocycles. The van der Waals surface area contributed by atoms with Gasteiger partial charge in [-0.1, -0.05) is 57.2 Å². The number of hydrogen-bond acceptors (Lipinski definition) is 5. The summed E-state index contributed by atoms with van der Waals surface area (Å²) in [6.45, 7) is 6.21. The van der Waals surface area contributed by atoms with E-state index >= 15 is 0 Å². The SMILES string of the molecule is COC(=O)CCc1cc(-c2ccccc2)c(O)c(C(C)(C)C)c1.c1cn[nH]n1. The highest BCUT2D eigenvalue weighted by atomic mass is 16.5. The van der Waals surface area contributed by atoms with Gasteiger partial charge in [0.15, 0.2) is 0 Å². The monoisotopic (exact) mass is 381 g/mol. The molecule has 0 fully saturated rings. The maximum absolute atomic E-state index is 11.4. The fraction of sp³-hybridized carbons (Fsp3) is 0.318. The molecule has 1 heterocycles. The summed E-state index contributed by atoms with van der Waals surface area (Å²) >= 11 is 0. The highest BCUT2D eigenvalue weighted by molar-refractivity contribution is 5.74. The molecule has 3 rings (SSSR count). The zero-order valence-corrected chi connectivity index (χ0v) is 16.8. The van der Waals surface area contributed by atoms with Crippen molar-refractivity contribution in [2.75, 3.05) is 7.11 Å². The second-order valence-corrected chi connectivity index (χ2v) is 7.39. The van der Waals surface area contributed by atoms with Gasteiger partial charge in [-0.05, 0) is 29.0 Å². The quantitative estimate of drug-likeness (QED) is 0.659. The molecule has 0 spiro atoms. The van der Waals surface area contributed by atoms with Crippen LogP contribution in [0.15, 0.2) is 54.9 Å². The molecule has 0 bridgehead atoms. The number of aromatic hydroxyl groups is 1. The number of aromatic nitrogens is 3. The third-order valence-electron chi connectivity index (χ3n) is 4.24. The van der Waals surface area contributed by atoms with E-state index in [9.17, 15) is 9.90 Å². The number of nitrogens with zero attached hydrogens (tertiary/aromatic N) is 2. The van der Waals surface area contributed by atoms with Crippen molar-refractivity contribution in [3.63, 3.8) is 0 Å². The molecule has 6 nitrogen and oxygen atoms in total. The van der Waals surface area contributed by atoms with Gasteiger partial charge in [0.25, 0.3) is 0 Å². The summed E-state index contributed by atoms with van der Waals surface area (Å²) in [7, 11) is 1.40. The number of H-pyrrole nitrogens is 1. The molecule has 28 heavy (non-hydrogen) atoms. The number of hydrogen-bond donors (Lipinski definition) is 2. The summed E-state index contributed by atoms with van der Waals surface area (Å²) in [5.41, 5.74) is 3.50. The predicted octanol–water partition coefficient (Wildman–Crippen LogP) is 4.27. The zero-order valence-electron chi connectivity index (χ0n) is 16.8. The second kappa shape index (κ2) is 9.69. The minimum Gasteiger partial charge on any atom is -0.507 e. The van der Waals surface area contributed by atoms with Crippen molar-refractivity contribution in [2.24, 2.45) is 0 Å². The van der Waals surface area contributed by atoms with Crippen LogP contribution < -0.4 is 0 Å². The lowest BCUT2D eigenvalue weighted by atomic mass is 9.82. The number of ether oxygens (including phenoxy) is 1. The molecule has 0 radical (unpaired) electrons. The number of aromatic amines is 1. The van der Waals surface area contributed by atoms with Crippen LogP contribution in [0.5, 0.6) is 5.75 Å². The van der Waals surface area contributed by atoms with Crippen LogP contribution >= 0.6 is 0 Å². The highest BCUT2D eigenvalue weighted by Crippen LogP contribution is 2.39. The van der Waals surface area contributed by atoms with E-state index in [1.165, 1.54) is 7.11 Å². The number of carbonyl (C=O) groups excluding carboxylic acids is 1. The molecule has 0 aliphatic carbocycles. The van der Waals surface area contributed by atoms with Gasteiger partial charge in [-0.3, -0.25) is 4.79 Å². The number of phenols is 1. The van der Waals surface area contributed by atoms with Crippen LogP contribution in [0.3, 0.4) is 0 Å².